The molecule has 164 valence electrons. The van der Waals surface area contributed by atoms with Crippen LogP contribution in [0.25, 0.3) is 0 Å². The van der Waals surface area contributed by atoms with E-state index in [2.05, 4.69) is 20.0 Å². The second-order valence-corrected chi connectivity index (χ2v) is 9.22. The Morgan fingerprint density at radius 2 is 1.87 bits per heavy atom. The zero-order chi connectivity index (χ0) is 22.2. The monoisotopic (exact) mass is 450 g/mol. The lowest BCUT2D eigenvalue weighted by molar-refractivity contribution is -0.141. The summed E-state index contributed by atoms with van der Waals surface area (Å²) < 4.78 is 83.4. The maximum absolute atomic E-state index is 15.4. The van der Waals surface area contributed by atoms with Gasteiger partial charge in [0.2, 0.25) is 14.8 Å². The molecule has 3 rings (SSSR count). The molecule has 1 aliphatic rings. The largest absolute Gasteiger partial charge is 0.433 e. The minimum absolute atomic E-state index is 0.0481. The fourth-order valence-electron chi connectivity index (χ4n) is 3.22. The maximum Gasteiger partial charge on any atom is 0.433 e. The predicted octanol–water partition coefficient (Wildman–Crippen LogP) is 3.49. The number of halogens is 4. The summed E-state index contributed by atoms with van der Waals surface area (Å²) in [5, 5.41) is 3.28. The molecule has 3 heterocycles. The van der Waals surface area contributed by atoms with Gasteiger partial charge in [0.25, 0.3) is 0 Å². The van der Waals surface area contributed by atoms with Crippen LogP contribution in [0.1, 0.15) is 25.5 Å². The molecule has 1 fully saturated rings. The first-order valence-corrected chi connectivity index (χ1v) is 10.3. The Bertz CT molecular complexity index is 984. The SMILES string of the molecule is C[C@](F)(C1CCN(C(=O)Nc2ccon2)CC1)S(=O)(=O)c1ccc(C(F)(F)F)nc1. The molecule has 13 heteroatoms. The number of sulfone groups is 1. The Morgan fingerprint density at radius 1 is 1.20 bits per heavy atom. The number of carbonyl (C=O) groups excluding carboxylic acids is 1. The lowest BCUT2D eigenvalue weighted by Crippen LogP contribution is -2.48. The first-order chi connectivity index (χ1) is 13.9. The van der Waals surface area contributed by atoms with Crippen molar-refractivity contribution in [2.45, 2.75) is 35.8 Å². The van der Waals surface area contributed by atoms with E-state index in [1.807, 2.05) is 0 Å². The van der Waals surface area contributed by atoms with Crippen molar-refractivity contribution in [3.8, 4) is 0 Å². The number of carbonyl (C=O) groups is 1. The lowest BCUT2D eigenvalue weighted by atomic mass is 9.92. The number of hydrogen-bond acceptors (Lipinski definition) is 6. The number of urea groups is 1. The molecular formula is C17H18F4N4O4S. The number of pyridine rings is 1. The van der Waals surface area contributed by atoms with Crippen molar-refractivity contribution in [2.75, 3.05) is 18.4 Å². The average molecular weight is 450 g/mol. The number of aromatic nitrogens is 2. The third kappa shape index (κ3) is 4.25. The van der Waals surface area contributed by atoms with Gasteiger partial charge in [-0.2, -0.15) is 13.2 Å². The summed E-state index contributed by atoms with van der Waals surface area (Å²) in [6.45, 7) is 1.07. The Balaban J connectivity index is 1.68. The van der Waals surface area contributed by atoms with Gasteiger partial charge in [-0.1, -0.05) is 5.16 Å². The van der Waals surface area contributed by atoms with E-state index in [0.717, 1.165) is 6.92 Å². The van der Waals surface area contributed by atoms with Gasteiger partial charge in [-0.3, -0.25) is 10.3 Å². The van der Waals surface area contributed by atoms with Gasteiger partial charge in [-0.05, 0) is 31.9 Å². The van der Waals surface area contributed by atoms with Gasteiger partial charge in [-0.15, -0.1) is 0 Å². The molecule has 1 atom stereocenters. The number of amides is 2. The van der Waals surface area contributed by atoms with Gasteiger partial charge in [0, 0.05) is 31.3 Å². The molecule has 2 aromatic rings. The van der Waals surface area contributed by atoms with E-state index in [4.69, 9.17) is 0 Å². The van der Waals surface area contributed by atoms with Gasteiger partial charge >= 0.3 is 12.2 Å². The summed E-state index contributed by atoms with van der Waals surface area (Å²) >= 11 is 0. The van der Waals surface area contributed by atoms with Crippen LogP contribution in [-0.2, 0) is 16.0 Å². The minimum atomic E-state index is -4.74. The van der Waals surface area contributed by atoms with Crippen LogP contribution in [0, 0.1) is 5.92 Å². The first kappa shape index (κ1) is 22.0. The third-order valence-corrected chi connectivity index (χ3v) is 7.29. The lowest BCUT2D eigenvalue weighted by Gasteiger charge is -2.37. The van der Waals surface area contributed by atoms with Crippen molar-refractivity contribution in [3.05, 3.63) is 36.4 Å². The van der Waals surface area contributed by atoms with Crippen LogP contribution in [0.3, 0.4) is 0 Å². The molecule has 0 aliphatic carbocycles. The summed E-state index contributed by atoms with van der Waals surface area (Å²) in [6.07, 6.45) is -2.85. The highest BCUT2D eigenvalue weighted by Gasteiger charge is 2.49. The van der Waals surface area contributed by atoms with E-state index >= 15 is 4.39 Å². The second kappa shape index (κ2) is 7.85. The molecule has 0 unspecified atom stereocenters. The van der Waals surface area contributed by atoms with Gasteiger partial charge in [0.1, 0.15) is 12.0 Å². The van der Waals surface area contributed by atoms with E-state index in [-0.39, 0.29) is 31.7 Å². The van der Waals surface area contributed by atoms with Crippen molar-refractivity contribution < 1.29 is 35.3 Å². The highest BCUT2D eigenvalue weighted by Crippen LogP contribution is 2.39. The normalized spacial score (nSPS) is 18.1. The second-order valence-electron chi connectivity index (χ2n) is 6.94. The predicted molar refractivity (Wildman–Crippen MR) is 95.8 cm³/mol. The van der Waals surface area contributed by atoms with E-state index in [0.29, 0.717) is 18.3 Å². The van der Waals surface area contributed by atoms with Crippen LogP contribution in [0.15, 0.2) is 40.1 Å². The zero-order valence-electron chi connectivity index (χ0n) is 15.7. The maximum atomic E-state index is 15.4. The van der Waals surface area contributed by atoms with Gasteiger partial charge in [0.05, 0.1) is 4.90 Å². The molecule has 1 aliphatic heterocycles. The summed E-state index contributed by atoms with van der Waals surface area (Å²) in [6, 6.07) is 2.15. The van der Waals surface area contributed by atoms with E-state index in [9.17, 15) is 26.4 Å². The van der Waals surface area contributed by atoms with E-state index < -0.39 is 43.6 Å². The summed E-state index contributed by atoms with van der Waals surface area (Å²) in [7, 11) is -4.62. The molecule has 30 heavy (non-hydrogen) atoms. The van der Waals surface area contributed by atoms with E-state index in [1.165, 1.54) is 17.2 Å². The third-order valence-electron chi connectivity index (χ3n) is 5.05. The molecule has 0 bridgehead atoms. The van der Waals surface area contributed by atoms with Crippen LogP contribution >= 0.6 is 0 Å². The molecule has 1 N–H and O–H groups in total. The number of nitrogens with one attached hydrogen (secondary N) is 1. The van der Waals surface area contributed by atoms with Crippen LogP contribution in [0.2, 0.25) is 0 Å². The van der Waals surface area contributed by atoms with Crippen LogP contribution in [0.4, 0.5) is 28.2 Å². The van der Waals surface area contributed by atoms with Crippen LogP contribution in [0.5, 0.6) is 0 Å². The Hall–Kier alpha value is -2.70. The summed E-state index contributed by atoms with van der Waals surface area (Å²) in [5.74, 6) is -0.754. The standard InChI is InChI=1S/C17H18F4N4O4S/c1-16(18,30(27,28)12-2-3-13(22-10-12)17(19,20)21)11-4-7-25(8-5-11)15(26)23-14-6-9-29-24-14/h2-3,6,9-11H,4-5,7-8H2,1H3,(H,23,24,26)/t16-/m1/s1. The zero-order valence-corrected chi connectivity index (χ0v) is 16.5. The van der Waals surface area contributed by atoms with Gasteiger partial charge < -0.3 is 9.42 Å². The molecule has 2 aromatic heterocycles. The summed E-state index contributed by atoms with van der Waals surface area (Å²) in [5.41, 5.74) is -1.27. The first-order valence-electron chi connectivity index (χ1n) is 8.86. The van der Waals surface area contributed by atoms with Crippen molar-refractivity contribution in [1.29, 1.82) is 0 Å². The summed E-state index contributed by atoms with van der Waals surface area (Å²) in [4.78, 5) is 16.0. The number of nitrogens with zero attached hydrogens (tertiary/aromatic N) is 3. The molecule has 2 amide bonds. The topological polar surface area (TPSA) is 105 Å². The molecule has 0 spiro atoms. The molecule has 8 nitrogen and oxygen atoms in total. The minimum Gasteiger partial charge on any atom is -0.363 e. The van der Waals surface area contributed by atoms with Gasteiger partial charge in [0.15, 0.2) is 5.82 Å². The smallest absolute Gasteiger partial charge is 0.363 e. The molecule has 0 radical (unpaired) electrons. The number of likely N-dealkylation sites (tertiary alicyclic amines) is 1. The van der Waals surface area contributed by atoms with Crippen molar-refractivity contribution in [2.24, 2.45) is 5.92 Å². The van der Waals surface area contributed by atoms with Gasteiger partial charge in [-0.25, -0.2) is 17.6 Å². The molecule has 0 aromatic carbocycles. The highest BCUT2D eigenvalue weighted by molar-refractivity contribution is 7.92. The number of piperidine rings is 1. The fraction of sp³-hybridized carbons (Fsp3) is 0.471. The fourth-order valence-corrected chi connectivity index (χ4v) is 4.79. The average Bonchev–Trinajstić information content (AvgIpc) is 3.20. The Labute approximate surface area is 169 Å². The Kier molecular flexibility index (Phi) is 5.76. The van der Waals surface area contributed by atoms with Crippen molar-refractivity contribution in [3.63, 3.8) is 0 Å². The number of alkyl halides is 4. The van der Waals surface area contributed by atoms with E-state index in [1.54, 1.807) is 0 Å². The molecular weight excluding hydrogens is 432 g/mol. The number of rotatable bonds is 4. The quantitative estimate of drug-likeness (QED) is 0.715. The number of anilines is 1. The van der Waals surface area contributed by atoms with Crippen molar-refractivity contribution in [1.82, 2.24) is 15.0 Å². The highest BCUT2D eigenvalue weighted by atomic mass is 32.2. The number of hydrogen-bond donors (Lipinski definition) is 1. The molecule has 1 saturated heterocycles. The van der Waals surface area contributed by atoms with Crippen LogP contribution < -0.4 is 5.32 Å². The van der Waals surface area contributed by atoms with Crippen molar-refractivity contribution >= 4 is 21.7 Å². The van der Waals surface area contributed by atoms with Crippen LogP contribution in [-0.4, -0.2) is 47.6 Å². The molecule has 0 saturated carbocycles. The Morgan fingerprint density at radius 3 is 2.37 bits per heavy atom.